The van der Waals surface area contributed by atoms with Crippen LogP contribution in [-0.2, 0) is 6.54 Å². The van der Waals surface area contributed by atoms with E-state index >= 15 is 0 Å². The van der Waals surface area contributed by atoms with Crippen LogP contribution >= 0.6 is 0 Å². The molecule has 0 radical (unpaired) electrons. The van der Waals surface area contributed by atoms with Crippen LogP contribution in [0.4, 0.5) is 0 Å². The molecule has 1 atom stereocenters. The zero-order chi connectivity index (χ0) is 14.5. The van der Waals surface area contributed by atoms with Gasteiger partial charge in [0.1, 0.15) is 0 Å². The highest BCUT2D eigenvalue weighted by atomic mass is 16.5. The SMILES string of the molecule is CCOc1cc(CN(C)CC2CCCN2C)ccc1O. The third kappa shape index (κ3) is 3.87. The van der Waals surface area contributed by atoms with Crippen molar-refractivity contribution in [3.63, 3.8) is 0 Å². The van der Waals surface area contributed by atoms with Crippen LogP contribution in [0.25, 0.3) is 0 Å². The molecule has 0 aromatic heterocycles. The fraction of sp³-hybridized carbons (Fsp3) is 0.625. The second-order valence-electron chi connectivity index (χ2n) is 5.71. The minimum Gasteiger partial charge on any atom is -0.504 e. The largest absolute Gasteiger partial charge is 0.504 e. The molecule has 0 amide bonds. The monoisotopic (exact) mass is 278 g/mol. The highest BCUT2D eigenvalue weighted by Crippen LogP contribution is 2.27. The van der Waals surface area contributed by atoms with Crippen molar-refractivity contribution < 1.29 is 9.84 Å². The molecule has 0 aliphatic carbocycles. The zero-order valence-electron chi connectivity index (χ0n) is 12.8. The smallest absolute Gasteiger partial charge is 0.161 e. The topological polar surface area (TPSA) is 35.9 Å². The number of rotatable bonds is 6. The van der Waals surface area contributed by atoms with E-state index in [4.69, 9.17) is 4.74 Å². The van der Waals surface area contributed by atoms with E-state index in [1.165, 1.54) is 24.9 Å². The van der Waals surface area contributed by atoms with Gasteiger partial charge in [0.2, 0.25) is 0 Å². The molecule has 1 aliphatic heterocycles. The lowest BCUT2D eigenvalue weighted by Crippen LogP contribution is -2.36. The zero-order valence-corrected chi connectivity index (χ0v) is 12.8. The summed E-state index contributed by atoms with van der Waals surface area (Å²) in [5, 5.41) is 9.72. The van der Waals surface area contributed by atoms with Crippen molar-refractivity contribution in [2.75, 3.05) is 33.8 Å². The third-order valence-corrected chi connectivity index (χ3v) is 3.97. The number of aromatic hydroxyl groups is 1. The van der Waals surface area contributed by atoms with Gasteiger partial charge in [0.05, 0.1) is 6.61 Å². The summed E-state index contributed by atoms with van der Waals surface area (Å²) in [6, 6.07) is 6.29. The van der Waals surface area contributed by atoms with Crippen molar-refractivity contribution in [3.05, 3.63) is 23.8 Å². The molecule has 1 saturated heterocycles. The van der Waals surface area contributed by atoms with Crippen molar-refractivity contribution in [1.82, 2.24) is 9.80 Å². The normalized spacial score (nSPS) is 19.7. The Labute approximate surface area is 122 Å². The third-order valence-electron chi connectivity index (χ3n) is 3.97. The van der Waals surface area contributed by atoms with E-state index in [1.807, 2.05) is 19.1 Å². The molecule has 20 heavy (non-hydrogen) atoms. The standard InChI is InChI=1S/C16H26N2O2/c1-4-20-16-10-13(7-8-15(16)19)11-17(2)12-14-6-5-9-18(14)3/h7-8,10,14,19H,4-6,9,11-12H2,1-3H3. The number of nitrogens with zero attached hydrogens (tertiary/aromatic N) is 2. The predicted molar refractivity (Wildman–Crippen MR) is 81.3 cm³/mol. The first-order chi connectivity index (χ1) is 9.60. The Morgan fingerprint density at radius 1 is 1.45 bits per heavy atom. The Morgan fingerprint density at radius 3 is 2.90 bits per heavy atom. The summed E-state index contributed by atoms with van der Waals surface area (Å²) >= 11 is 0. The van der Waals surface area contributed by atoms with Crippen LogP contribution in [0.1, 0.15) is 25.3 Å². The van der Waals surface area contributed by atoms with Crippen LogP contribution in [0.3, 0.4) is 0 Å². The van der Waals surface area contributed by atoms with Crippen LogP contribution in [-0.4, -0.2) is 54.7 Å². The first-order valence-electron chi connectivity index (χ1n) is 7.43. The van der Waals surface area contributed by atoms with Crippen molar-refractivity contribution in [3.8, 4) is 11.5 Å². The molecule has 0 saturated carbocycles. The highest BCUT2D eigenvalue weighted by Gasteiger charge is 2.22. The highest BCUT2D eigenvalue weighted by molar-refractivity contribution is 5.41. The van der Waals surface area contributed by atoms with Gasteiger partial charge in [-0.05, 0) is 58.1 Å². The molecule has 4 nitrogen and oxygen atoms in total. The molecule has 1 N–H and O–H groups in total. The predicted octanol–water partition coefficient (Wildman–Crippen LogP) is 2.32. The van der Waals surface area contributed by atoms with Gasteiger partial charge >= 0.3 is 0 Å². The Morgan fingerprint density at radius 2 is 2.25 bits per heavy atom. The average molecular weight is 278 g/mol. The number of phenolic OH excluding ortho intramolecular Hbond substituents is 1. The summed E-state index contributed by atoms with van der Waals surface area (Å²) in [6.07, 6.45) is 2.60. The second-order valence-corrected chi connectivity index (χ2v) is 5.71. The lowest BCUT2D eigenvalue weighted by Gasteiger charge is -2.26. The first-order valence-corrected chi connectivity index (χ1v) is 7.43. The molecule has 1 fully saturated rings. The molecule has 0 spiro atoms. The summed E-state index contributed by atoms with van der Waals surface area (Å²) in [7, 11) is 4.36. The van der Waals surface area contributed by atoms with Gasteiger partial charge in [-0.1, -0.05) is 6.07 Å². The molecule has 1 unspecified atom stereocenters. The maximum atomic E-state index is 9.72. The van der Waals surface area contributed by atoms with Crippen LogP contribution in [0, 0.1) is 0 Å². The van der Waals surface area contributed by atoms with Crippen LogP contribution in [0.2, 0.25) is 0 Å². The second kappa shape index (κ2) is 6.95. The summed E-state index contributed by atoms with van der Waals surface area (Å²) in [5.41, 5.74) is 1.18. The van der Waals surface area contributed by atoms with E-state index in [2.05, 4.69) is 23.9 Å². The minimum atomic E-state index is 0.216. The Bertz CT molecular complexity index is 436. The summed E-state index contributed by atoms with van der Waals surface area (Å²) in [5.74, 6) is 0.796. The number of hydrogen-bond donors (Lipinski definition) is 1. The molecule has 0 bridgehead atoms. The molecule has 1 aromatic rings. The Kier molecular flexibility index (Phi) is 5.26. The molecule has 1 heterocycles. The van der Waals surface area contributed by atoms with E-state index < -0.39 is 0 Å². The van der Waals surface area contributed by atoms with Crippen molar-refractivity contribution in [1.29, 1.82) is 0 Å². The van der Waals surface area contributed by atoms with Gasteiger partial charge in [-0.2, -0.15) is 0 Å². The summed E-state index contributed by atoms with van der Waals surface area (Å²) in [6.45, 7) is 5.67. The maximum Gasteiger partial charge on any atom is 0.161 e. The van der Waals surface area contributed by atoms with E-state index in [0.717, 1.165) is 13.1 Å². The Hall–Kier alpha value is -1.26. The van der Waals surface area contributed by atoms with Gasteiger partial charge in [0, 0.05) is 19.1 Å². The maximum absolute atomic E-state index is 9.72. The Balaban J connectivity index is 1.93. The van der Waals surface area contributed by atoms with Gasteiger partial charge in [0.15, 0.2) is 11.5 Å². The quantitative estimate of drug-likeness (QED) is 0.866. The fourth-order valence-electron chi connectivity index (χ4n) is 2.87. The van der Waals surface area contributed by atoms with Gasteiger partial charge in [-0.15, -0.1) is 0 Å². The van der Waals surface area contributed by atoms with Gasteiger partial charge < -0.3 is 19.6 Å². The van der Waals surface area contributed by atoms with Crippen molar-refractivity contribution >= 4 is 0 Å². The van der Waals surface area contributed by atoms with Crippen molar-refractivity contribution in [2.24, 2.45) is 0 Å². The van der Waals surface area contributed by atoms with E-state index in [1.54, 1.807) is 6.07 Å². The van der Waals surface area contributed by atoms with Crippen LogP contribution in [0.15, 0.2) is 18.2 Å². The fourth-order valence-corrected chi connectivity index (χ4v) is 2.87. The van der Waals surface area contributed by atoms with Gasteiger partial charge in [-0.25, -0.2) is 0 Å². The number of benzene rings is 1. The number of hydrogen-bond acceptors (Lipinski definition) is 4. The average Bonchev–Trinajstić information content (AvgIpc) is 2.79. The lowest BCUT2D eigenvalue weighted by atomic mass is 10.1. The lowest BCUT2D eigenvalue weighted by molar-refractivity contribution is 0.215. The van der Waals surface area contributed by atoms with E-state index in [-0.39, 0.29) is 5.75 Å². The molecular formula is C16H26N2O2. The summed E-state index contributed by atoms with van der Waals surface area (Å²) in [4.78, 5) is 4.79. The molecule has 1 aliphatic rings. The van der Waals surface area contributed by atoms with Crippen LogP contribution < -0.4 is 4.74 Å². The minimum absolute atomic E-state index is 0.216. The molecule has 2 rings (SSSR count). The number of phenols is 1. The van der Waals surface area contributed by atoms with Gasteiger partial charge in [-0.3, -0.25) is 0 Å². The molecule has 4 heteroatoms. The number of likely N-dealkylation sites (N-methyl/N-ethyl adjacent to an activating group) is 2. The first kappa shape index (κ1) is 15.1. The van der Waals surface area contributed by atoms with E-state index in [9.17, 15) is 5.11 Å². The molecule has 1 aromatic carbocycles. The van der Waals surface area contributed by atoms with Gasteiger partial charge in [0.25, 0.3) is 0 Å². The molecular weight excluding hydrogens is 252 g/mol. The van der Waals surface area contributed by atoms with E-state index in [0.29, 0.717) is 18.4 Å². The summed E-state index contributed by atoms with van der Waals surface area (Å²) < 4.78 is 5.43. The number of likely N-dealkylation sites (tertiary alicyclic amines) is 1. The molecule has 112 valence electrons. The number of ether oxygens (including phenoxy) is 1. The van der Waals surface area contributed by atoms with Crippen LogP contribution in [0.5, 0.6) is 11.5 Å². The van der Waals surface area contributed by atoms with Crippen molar-refractivity contribution in [2.45, 2.75) is 32.4 Å².